The van der Waals surface area contributed by atoms with Gasteiger partial charge in [0.2, 0.25) is 0 Å². The molecule has 1 aliphatic carbocycles. The van der Waals surface area contributed by atoms with Crippen LogP contribution < -0.4 is 3.32 Å². The molecule has 1 aromatic rings. The Hall–Kier alpha value is -0.336. The second-order valence-corrected chi connectivity index (χ2v) is 12.2. The number of hydrogen-bond donors (Lipinski definition) is 0. The quantitative estimate of drug-likeness (QED) is 0.199. The van der Waals surface area contributed by atoms with E-state index in [-0.39, 0.29) is 24.8 Å². The van der Waals surface area contributed by atoms with Crippen LogP contribution in [-0.2, 0) is 17.8 Å². The summed E-state index contributed by atoms with van der Waals surface area (Å²) in [6, 6.07) is 6.64. The maximum absolute atomic E-state index is 6.76. The van der Waals surface area contributed by atoms with Crippen LogP contribution in [0.1, 0.15) is 116 Å². The molecule has 0 spiro atoms. The Bertz CT molecular complexity index is 805. The Kier molecular flexibility index (Phi) is 17.8. The van der Waals surface area contributed by atoms with Crippen molar-refractivity contribution in [2.45, 2.75) is 119 Å². The van der Waals surface area contributed by atoms with E-state index in [1.54, 1.807) is 20.6 Å². The van der Waals surface area contributed by atoms with Crippen LogP contribution in [0.25, 0.3) is 0 Å². The van der Waals surface area contributed by atoms with Crippen molar-refractivity contribution in [1.82, 2.24) is 0 Å². The van der Waals surface area contributed by atoms with Crippen LogP contribution in [-0.4, -0.2) is 4.82 Å². The van der Waals surface area contributed by atoms with E-state index in [9.17, 15) is 0 Å². The van der Waals surface area contributed by atoms with Gasteiger partial charge in [-0.2, -0.15) is 0 Å². The van der Waals surface area contributed by atoms with Crippen LogP contribution in [0.4, 0.5) is 0 Å². The molecular weight excluding hydrogens is 495 g/mol. The third-order valence-electron chi connectivity index (χ3n) is 6.79. The molecule has 2 rings (SSSR count). The zero-order valence-corrected chi connectivity index (χ0v) is 25.9. The van der Waals surface area contributed by atoms with Gasteiger partial charge in [-0.05, 0) is 0 Å². The maximum atomic E-state index is 6.76. The van der Waals surface area contributed by atoms with Gasteiger partial charge in [0, 0.05) is 0 Å². The molecule has 0 amide bonds. The van der Waals surface area contributed by atoms with Gasteiger partial charge in [-0.25, -0.2) is 0 Å². The van der Waals surface area contributed by atoms with E-state index in [0.717, 1.165) is 5.75 Å². The Morgan fingerprint density at radius 1 is 0.735 bits per heavy atom. The van der Waals surface area contributed by atoms with E-state index in [4.69, 9.17) is 8.14 Å². The van der Waals surface area contributed by atoms with Gasteiger partial charge in [0.1, 0.15) is 0 Å². The third kappa shape index (κ3) is 9.61. The van der Waals surface area contributed by atoms with E-state index >= 15 is 0 Å². The fourth-order valence-electron chi connectivity index (χ4n) is 5.23. The number of allylic oxidation sites excluding steroid dienone is 4. The summed E-state index contributed by atoms with van der Waals surface area (Å²) in [4.78, 5) is 4.78. The molecule has 1 aromatic carbocycles. The van der Waals surface area contributed by atoms with E-state index in [2.05, 4.69) is 59.7 Å². The zero-order valence-electron chi connectivity index (χ0n) is 22.7. The van der Waals surface area contributed by atoms with Crippen LogP contribution in [0.5, 0.6) is 5.75 Å². The van der Waals surface area contributed by atoms with Crippen molar-refractivity contribution < 1.29 is 21.1 Å². The molecule has 0 saturated carbocycles. The van der Waals surface area contributed by atoms with Crippen LogP contribution in [0.15, 0.2) is 38.8 Å². The number of benzene rings is 1. The fourth-order valence-corrected chi connectivity index (χ4v) is 8.09. The van der Waals surface area contributed by atoms with Crippen molar-refractivity contribution in [3.05, 3.63) is 49.9 Å². The SMILES string of the molecule is Cl.Cl.[CH2]=[Ti]([O]c1cc(C)cc(C)c1)[C]1=C(CCCC)C(CCCC)=C(CCCC)C1CCCC. The van der Waals surface area contributed by atoms with Crippen LogP contribution >= 0.6 is 24.8 Å². The first-order chi connectivity index (χ1) is 15.5. The molecule has 0 fully saturated rings. The molecule has 0 saturated heterocycles. The number of rotatable bonds is 15. The average molecular weight is 546 g/mol. The van der Waals surface area contributed by atoms with E-state index in [1.807, 2.05) is 0 Å². The number of unbranched alkanes of at least 4 members (excludes halogenated alkanes) is 4. The van der Waals surface area contributed by atoms with Crippen molar-refractivity contribution in [3.63, 3.8) is 0 Å². The Balaban J connectivity index is 0.00000544. The van der Waals surface area contributed by atoms with E-state index < -0.39 is 17.8 Å². The summed E-state index contributed by atoms with van der Waals surface area (Å²) in [6.45, 7) is 13.7. The Labute approximate surface area is 229 Å². The number of halogens is 2. The minimum atomic E-state index is -2.11. The van der Waals surface area contributed by atoms with Crippen LogP contribution in [0.2, 0.25) is 0 Å². The number of aryl methyl sites for hydroxylation is 2. The summed E-state index contributed by atoms with van der Waals surface area (Å²) >= 11 is -2.11. The van der Waals surface area contributed by atoms with Crippen molar-refractivity contribution >= 4 is 29.6 Å². The third-order valence-corrected chi connectivity index (χ3v) is 9.50. The first kappa shape index (κ1) is 33.7. The van der Waals surface area contributed by atoms with Gasteiger partial charge in [-0.15, -0.1) is 24.8 Å². The molecule has 0 N–H and O–H groups in total. The summed E-state index contributed by atoms with van der Waals surface area (Å²) < 4.78 is 8.44. The summed E-state index contributed by atoms with van der Waals surface area (Å²) in [5.41, 5.74) is 7.79. The molecule has 34 heavy (non-hydrogen) atoms. The van der Waals surface area contributed by atoms with Gasteiger partial charge in [0.05, 0.1) is 0 Å². The number of hydrogen-bond acceptors (Lipinski definition) is 1. The van der Waals surface area contributed by atoms with Gasteiger partial charge < -0.3 is 0 Å². The van der Waals surface area contributed by atoms with Gasteiger partial charge in [0.15, 0.2) is 0 Å². The van der Waals surface area contributed by atoms with Gasteiger partial charge in [-0.1, -0.05) is 0 Å². The Morgan fingerprint density at radius 3 is 1.76 bits per heavy atom. The molecule has 0 radical (unpaired) electrons. The normalized spacial score (nSPS) is 15.3. The zero-order chi connectivity index (χ0) is 23.5. The van der Waals surface area contributed by atoms with Crippen molar-refractivity contribution in [3.8, 4) is 5.75 Å². The average Bonchev–Trinajstić information content (AvgIpc) is 3.04. The second-order valence-electron chi connectivity index (χ2n) is 9.75. The first-order valence-corrected chi connectivity index (χ1v) is 15.9. The second kappa shape index (κ2) is 18.0. The molecule has 1 unspecified atom stereocenters. The monoisotopic (exact) mass is 544 g/mol. The van der Waals surface area contributed by atoms with Crippen molar-refractivity contribution in [2.24, 2.45) is 5.92 Å². The fraction of sp³-hybridized carbons (Fsp3) is 0.633. The van der Waals surface area contributed by atoms with E-state index in [0.29, 0.717) is 5.92 Å². The van der Waals surface area contributed by atoms with Crippen molar-refractivity contribution in [1.29, 1.82) is 0 Å². The van der Waals surface area contributed by atoms with Gasteiger partial charge in [0.25, 0.3) is 0 Å². The summed E-state index contributed by atoms with van der Waals surface area (Å²) in [6.07, 6.45) is 15.3. The molecule has 0 bridgehead atoms. The summed E-state index contributed by atoms with van der Waals surface area (Å²) in [5, 5.41) is 0. The van der Waals surface area contributed by atoms with Crippen molar-refractivity contribution in [2.75, 3.05) is 0 Å². The van der Waals surface area contributed by atoms with Crippen LogP contribution in [0.3, 0.4) is 0 Å². The molecule has 1 atom stereocenters. The molecule has 194 valence electrons. The predicted octanol–water partition coefficient (Wildman–Crippen LogP) is 10.4. The Morgan fingerprint density at radius 2 is 1.24 bits per heavy atom. The predicted molar refractivity (Wildman–Crippen MR) is 154 cm³/mol. The summed E-state index contributed by atoms with van der Waals surface area (Å²) in [7, 11) is 0. The van der Waals surface area contributed by atoms with Gasteiger partial charge in [-0.3, -0.25) is 0 Å². The molecule has 1 nitrogen and oxygen atoms in total. The van der Waals surface area contributed by atoms with Gasteiger partial charge >= 0.3 is 206 Å². The molecule has 4 heteroatoms. The molecule has 0 aromatic heterocycles. The molecular formula is C30H50Cl2OTi. The minimum absolute atomic E-state index is 0. The van der Waals surface area contributed by atoms with Crippen LogP contribution in [0, 0.1) is 19.8 Å². The molecule has 0 heterocycles. The van der Waals surface area contributed by atoms with E-state index in [1.165, 1.54) is 88.2 Å². The topological polar surface area (TPSA) is 9.23 Å². The first-order valence-electron chi connectivity index (χ1n) is 13.4. The summed E-state index contributed by atoms with van der Waals surface area (Å²) in [5.74, 6) is 1.65. The molecule has 0 aliphatic heterocycles. The molecule has 1 aliphatic rings. The standard InChI is InChI=1S/C21H37.C8H10O.CH2.2ClH.Ti/c1-5-9-13-18-17-19(14-10-6-2)21(16-12-8-4)20(18)15-11-7-3;1-6-3-7(2)5-8(9)4-6;;;;/h18H,5-16H2,1-4H3;3-5,9H,1-2H3;1H2;2*1H;/q;;;;;+1/p-1.